The number of anilines is 1. The van der Waals surface area contributed by atoms with Crippen molar-refractivity contribution in [2.45, 2.75) is 0 Å². The Morgan fingerprint density at radius 2 is 1.88 bits per heavy atom. The Kier molecular flexibility index (Phi) is 4.96. The highest BCUT2D eigenvalue weighted by atomic mass is 35.5. The van der Waals surface area contributed by atoms with E-state index in [9.17, 15) is 14.0 Å². The van der Waals surface area contributed by atoms with Crippen molar-refractivity contribution in [2.24, 2.45) is 7.05 Å². The second-order valence-corrected chi connectivity index (χ2v) is 6.46. The molecule has 0 aliphatic carbocycles. The second kappa shape index (κ2) is 7.01. The monoisotopic (exact) mass is 384 g/mol. The van der Waals surface area contributed by atoms with Crippen molar-refractivity contribution in [2.75, 3.05) is 31.1 Å². The minimum Gasteiger partial charge on any atom is -0.365 e. The smallest absolute Gasteiger partial charge is 0.287 e. The van der Waals surface area contributed by atoms with Crippen molar-refractivity contribution in [1.82, 2.24) is 14.7 Å². The van der Waals surface area contributed by atoms with Crippen LogP contribution in [0.15, 0.2) is 29.2 Å². The van der Waals surface area contributed by atoms with Crippen LogP contribution >= 0.6 is 23.2 Å². The molecule has 25 heavy (non-hydrogen) atoms. The zero-order valence-corrected chi connectivity index (χ0v) is 14.9. The maximum Gasteiger partial charge on any atom is 0.287 e. The molecule has 1 aliphatic rings. The van der Waals surface area contributed by atoms with Crippen LogP contribution in [0.25, 0.3) is 0 Å². The van der Waals surface area contributed by atoms with Gasteiger partial charge in [-0.3, -0.25) is 9.59 Å². The summed E-state index contributed by atoms with van der Waals surface area (Å²) in [6.07, 6.45) is 1.54. The van der Waals surface area contributed by atoms with Crippen LogP contribution in [0.2, 0.25) is 10.0 Å². The van der Waals surface area contributed by atoms with Crippen molar-refractivity contribution in [3.63, 3.8) is 0 Å². The molecular weight excluding hydrogens is 370 g/mol. The van der Waals surface area contributed by atoms with E-state index in [1.807, 2.05) is 4.90 Å². The highest BCUT2D eigenvalue weighted by molar-refractivity contribution is 6.34. The molecule has 9 heteroatoms. The van der Waals surface area contributed by atoms with Gasteiger partial charge in [0.05, 0.1) is 22.5 Å². The molecule has 0 atom stereocenters. The van der Waals surface area contributed by atoms with Crippen molar-refractivity contribution in [3.8, 4) is 0 Å². The number of hydrogen-bond donors (Lipinski definition) is 0. The average molecular weight is 385 g/mol. The maximum absolute atomic E-state index is 13.1. The highest BCUT2D eigenvalue weighted by Crippen LogP contribution is 2.24. The van der Waals surface area contributed by atoms with E-state index >= 15 is 0 Å². The standard InChI is InChI=1S/C16H15Cl2FN4O2/c1-21-16(25)14(18)13(9-20-21)22-4-6-23(7-5-22)15(24)11-3-2-10(19)8-12(11)17/h2-3,8-9H,4-7H2,1H3. The summed E-state index contributed by atoms with van der Waals surface area (Å²) in [5, 5.41) is 4.18. The number of benzene rings is 1. The predicted molar refractivity (Wildman–Crippen MR) is 94.0 cm³/mol. The van der Waals surface area contributed by atoms with Gasteiger partial charge in [0.1, 0.15) is 10.8 Å². The third kappa shape index (κ3) is 3.48. The van der Waals surface area contributed by atoms with Crippen molar-refractivity contribution >= 4 is 34.8 Å². The molecule has 0 bridgehead atoms. The van der Waals surface area contributed by atoms with Crippen LogP contribution in [0.4, 0.5) is 10.1 Å². The van der Waals surface area contributed by atoms with Crippen molar-refractivity contribution < 1.29 is 9.18 Å². The second-order valence-electron chi connectivity index (χ2n) is 5.68. The molecule has 0 radical (unpaired) electrons. The molecule has 0 saturated carbocycles. The van der Waals surface area contributed by atoms with Crippen LogP contribution in [-0.2, 0) is 7.05 Å². The van der Waals surface area contributed by atoms with E-state index in [0.29, 0.717) is 31.9 Å². The van der Waals surface area contributed by atoms with Gasteiger partial charge in [0.2, 0.25) is 0 Å². The van der Waals surface area contributed by atoms with Gasteiger partial charge in [0.25, 0.3) is 11.5 Å². The number of carbonyl (C=O) groups excluding carboxylic acids is 1. The van der Waals surface area contributed by atoms with Gasteiger partial charge in [-0.25, -0.2) is 9.07 Å². The molecule has 0 N–H and O–H groups in total. The highest BCUT2D eigenvalue weighted by Gasteiger charge is 2.25. The molecule has 2 heterocycles. The largest absolute Gasteiger partial charge is 0.365 e. The lowest BCUT2D eigenvalue weighted by Gasteiger charge is -2.36. The summed E-state index contributed by atoms with van der Waals surface area (Å²) < 4.78 is 14.3. The first-order valence-corrected chi connectivity index (χ1v) is 8.35. The van der Waals surface area contributed by atoms with Crippen LogP contribution in [0.3, 0.4) is 0 Å². The lowest BCUT2D eigenvalue weighted by Crippen LogP contribution is -2.49. The van der Waals surface area contributed by atoms with Crippen LogP contribution < -0.4 is 10.5 Å². The molecule has 3 rings (SSSR count). The topological polar surface area (TPSA) is 58.4 Å². The van der Waals surface area contributed by atoms with E-state index in [4.69, 9.17) is 23.2 Å². The van der Waals surface area contributed by atoms with Gasteiger partial charge in [0.15, 0.2) is 0 Å². The lowest BCUT2D eigenvalue weighted by atomic mass is 10.1. The average Bonchev–Trinajstić information content (AvgIpc) is 2.60. The summed E-state index contributed by atoms with van der Waals surface area (Å²) in [4.78, 5) is 28.0. The molecule has 1 aromatic heterocycles. The van der Waals surface area contributed by atoms with Crippen molar-refractivity contribution in [1.29, 1.82) is 0 Å². The molecule has 1 amide bonds. The first-order valence-electron chi connectivity index (χ1n) is 7.59. The SMILES string of the molecule is Cn1ncc(N2CCN(C(=O)c3ccc(F)cc3Cl)CC2)c(Cl)c1=O. The first-order chi connectivity index (χ1) is 11.9. The molecule has 1 aliphatic heterocycles. The fraction of sp³-hybridized carbons (Fsp3) is 0.312. The van der Waals surface area contributed by atoms with Gasteiger partial charge >= 0.3 is 0 Å². The zero-order chi connectivity index (χ0) is 18.1. The van der Waals surface area contributed by atoms with Crippen molar-refractivity contribution in [3.05, 3.63) is 56.2 Å². The number of nitrogens with zero attached hydrogens (tertiary/aromatic N) is 4. The van der Waals surface area contributed by atoms with E-state index in [2.05, 4.69) is 5.10 Å². The number of hydrogen-bond acceptors (Lipinski definition) is 4. The molecule has 132 valence electrons. The van der Waals surface area contributed by atoms with Crippen LogP contribution in [0.5, 0.6) is 0 Å². The number of aryl methyl sites for hydroxylation is 1. The van der Waals surface area contributed by atoms with Crippen LogP contribution in [0.1, 0.15) is 10.4 Å². The number of rotatable bonds is 2. The molecule has 0 spiro atoms. The molecule has 2 aromatic rings. The Morgan fingerprint density at radius 1 is 1.20 bits per heavy atom. The minimum atomic E-state index is -0.487. The van der Waals surface area contributed by atoms with Gasteiger partial charge in [0, 0.05) is 33.2 Å². The number of carbonyl (C=O) groups is 1. The Balaban J connectivity index is 1.73. The maximum atomic E-state index is 13.1. The molecule has 1 saturated heterocycles. The van der Waals surface area contributed by atoms with Gasteiger partial charge in [-0.05, 0) is 18.2 Å². The Hall–Kier alpha value is -2.12. The molecule has 6 nitrogen and oxygen atoms in total. The molecule has 1 aromatic carbocycles. The number of aromatic nitrogens is 2. The Morgan fingerprint density at radius 3 is 2.52 bits per heavy atom. The minimum absolute atomic E-state index is 0.0891. The van der Waals surface area contributed by atoms with Gasteiger partial charge in [-0.1, -0.05) is 23.2 Å². The summed E-state index contributed by atoms with van der Waals surface area (Å²) >= 11 is 12.1. The fourth-order valence-corrected chi connectivity index (χ4v) is 3.24. The van der Waals surface area contributed by atoms with Gasteiger partial charge in [-0.15, -0.1) is 0 Å². The summed E-state index contributed by atoms with van der Waals surface area (Å²) in [5.74, 6) is -0.739. The number of halogens is 3. The van der Waals surface area contributed by atoms with E-state index in [1.54, 1.807) is 4.90 Å². The Bertz CT molecular complexity index is 879. The van der Waals surface area contributed by atoms with Crippen LogP contribution in [0, 0.1) is 5.82 Å². The van der Waals surface area contributed by atoms with E-state index in [-0.39, 0.29) is 27.1 Å². The number of piperazine rings is 1. The van der Waals surface area contributed by atoms with E-state index < -0.39 is 5.82 Å². The summed E-state index contributed by atoms with van der Waals surface area (Å²) in [6.45, 7) is 1.86. The third-order valence-corrected chi connectivity index (χ3v) is 4.80. The van der Waals surface area contributed by atoms with Crippen LogP contribution in [-0.4, -0.2) is 46.8 Å². The third-order valence-electron chi connectivity index (χ3n) is 4.13. The van der Waals surface area contributed by atoms with E-state index in [1.165, 1.54) is 30.1 Å². The summed E-state index contributed by atoms with van der Waals surface area (Å²) in [6, 6.07) is 3.71. The lowest BCUT2D eigenvalue weighted by molar-refractivity contribution is 0.0747. The number of amides is 1. The molecule has 1 fully saturated rings. The zero-order valence-electron chi connectivity index (χ0n) is 13.4. The summed E-state index contributed by atoms with van der Waals surface area (Å²) in [7, 11) is 1.53. The molecule has 0 unspecified atom stereocenters. The van der Waals surface area contributed by atoms with E-state index in [0.717, 1.165) is 6.07 Å². The molecular formula is C16H15Cl2FN4O2. The summed E-state index contributed by atoms with van der Waals surface area (Å²) in [5.41, 5.74) is 0.456. The van der Waals surface area contributed by atoms with Gasteiger partial charge < -0.3 is 9.80 Å². The normalized spacial score (nSPS) is 14.7. The van der Waals surface area contributed by atoms with Gasteiger partial charge in [-0.2, -0.15) is 5.10 Å². The predicted octanol–water partition coefficient (Wildman–Crippen LogP) is 2.19. The fourth-order valence-electron chi connectivity index (χ4n) is 2.71. The quantitative estimate of drug-likeness (QED) is 0.796. The first kappa shape index (κ1) is 17.7. The Labute approximate surface area is 153 Å².